The molecule has 0 aromatic heterocycles. The molecule has 0 saturated carbocycles. The van der Waals surface area contributed by atoms with Crippen LogP contribution in [0.2, 0.25) is 0 Å². The zero-order chi connectivity index (χ0) is 19.3. The summed E-state index contributed by atoms with van der Waals surface area (Å²) in [5, 5.41) is 8.92. The predicted molar refractivity (Wildman–Crippen MR) is 87.0 cm³/mol. The number of halogens is 2. The summed E-state index contributed by atoms with van der Waals surface area (Å²) in [7, 11) is 0. The van der Waals surface area contributed by atoms with Crippen molar-refractivity contribution in [2.75, 3.05) is 19.6 Å². The summed E-state index contributed by atoms with van der Waals surface area (Å²) >= 11 is 0. The van der Waals surface area contributed by atoms with Gasteiger partial charge in [-0.3, -0.25) is 14.4 Å². The number of ether oxygens (including phenoxy) is 1. The Balaban J connectivity index is 2.23. The lowest BCUT2D eigenvalue weighted by atomic mass is 10.1. The first-order valence-electron chi connectivity index (χ1n) is 8.20. The molecule has 1 atom stereocenters. The maximum atomic E-state index is 12.8. The lowest BCUT2D eigenvalue weighted by molar-refractivity contribution is -0.146. The number of likely N-dealkylation sites (N-methyl/N-ethyl adjacent to an activating group) is 1. The molecule has 0 bridgehead atoms. The van der Waals surface area contributed by atoms with Crippen LogP contribution in [-0.4, -0.2) is 65.0 Å². The zero-order valence-corrected chi connectivity index (χ0v) is 14.2. The Morgan fingerprint density at radius 3 is 2.65 bits per heavy atom. The molecule has 1 fully saturated rings. The highest BCUT2D eigenvalue weighted by Crippen LogP contribution is 2.27. The second-order valence-electron chi connectivity index (χ2n) is 5.78. The average Bonchev–Trinajstić information content (AvgIpc) is 3.08. The van der Waals surface area contributed by atoms with Gasteiger partial charge in [0.2, 0.25) is 5.91 Å². The van der Waals surface area contributed by atoms with E-state index in [2.05, 4.69) is 4.74 Å². The van der Waals surface area contributed by atoms with Gasteiger partial charge < -0.3 is 19.6 Å². The number of nitrogens with zero attached hydrogens (tertiary/aromatic N) is 2. The molecule has 1 aliphatic heterocycles. The molecule has 142 valence electrons. The first kappa shape index (κ1) is 19.6. The fourth-order valence-electron chi connectivity index (χ4n) is 2.98. The van der Waals surface area contributed by atoms with Gasteiger partial charge in [-0.2, -0.15) is 8.78 Å². The van der Waals surface area contributed by atoms with Crippen LogP contribution in [0.3, 0.4) is 0 Å². The van der Waals surface area contributed by atoms with E-state index in [9.17, 15) is 23.2 Å². The van der Waals surface area contributed by atoms with Crippen LogP contribution >= 0.6 is 0 Å². The molecule has 1 saturated heterocycles. The second-order valence-corrected chi connectivity index (χ2v) is 5.78. The van der Waals surface area contributed by atoms with Crippen molar-refractivity contribution in [1.82, 2.24) is 9.80 Å². The molecule has 9 heteroatoms. The number of aliphatic carboxylic acids is 1. The van der Waals surface area contributed by atoms with Crippen molar-refractivity contribution in [3.05, 3.63) is 29.8 Å². The van der Waals surface area contributed by atoms with Gasteiger partial charge in [0.05, 0.1) is 5.56 Å². The van der Waals surface area contributed by atoms with E-state index in [-0.39, 0.29) is 24.4 Å². The topological polar surface area (TPSA) is 87.2 Å². The molecule has 2 rings (SSSR count). The number of carboxylic acids is 1. The van der Waals surface area contributed by atoms with E-state index in [1.54, 1.807) is 6.92 Å². The van der Waals surface area contributed by atoms with E-state index < -0.39 is 37.0 Å². The SMILES string of the molecule is CCN(CC(=O)O)C(=O)C1CCCN1C(=O)c1ccccc1OC(F)F. The first-order valence-corrected chi connectivity index (χ1v) is 8.20. The number of alkyl halides is 2. The molecule has 2 amide bonds. The van der Waals surface area contributed by atoms with Gasteiger partial charge in [0.25, 0.3) is 5.91 Å². The number of para-hydroxylation sites is 1. The smallest absolute Gasteiger partial charge is 0.387 e. The Morgan fingerprint density at radius 2 is 2.04 bits per heavy atom. The van der Waals surface area contributed by atoms with E-state index in [1.807, 2.05) is 0 Å². The van der Waals surface area contributed by atoms with Crippen molar-refractivity contribution >= 4 is 17.8 Å². The van der Waals surface area contributed by atoms with Crippen LogP contribution in [0.25, 0.3) is 0 Å². The number of hydrogen-bond acceptors (Lipinski definition) is 4. The van der Waals surface area contributed by atoms with Crippen LogP contribution in [-0.2, 0) is 9.59 Å². The summed E-state index contributed by atoms with van der Waals surface area (Å²) in [6.07, 6.45) is 0.948. The van der Waals surface area contributed by atoms with Gasteiger partial charge in [-0.15, -0.1) is 0 Å². The maximum absolute atomic E-state index is 12.8. The Kier molecular flexibility index (Phi) is 6.48. The lowest BCUT2D eigenvalue weighted by Gasteiger charge is -2.29. The Bertz CT molecular complexity index is 683. The molecule has 7 nitrogen and oxygen atoms in total. The molecular formula is C17H20F2N2O5. The van der Waals surface area contributed by atoms with Gasteiger partial charge in [0.15, 0.2) is 0 Å². The summed E-state index contributed by atoms with van der Waals surface area (Å²) in [4.78, 5) is 38.8. The van der Waals surface area contributed by atoms with Crippen LogP contribution in [0, 0.1) is 0 Å². The molecular weight excluding hydrogens is 350 g/mol. The molecule has 26 heavy (non-hydrogen) atoms. The van der Waals surface area contributed by atoms with Crippen molar-refractivity contribution < 1.29 is 33.0 Å². The average molecular weight is 370 g/mol. The molecule has 0 spiro atoms. The number of hydrogen-bond donors (Lipinski definition) is 1. The van der Waals surface area contributed by atoms with Gasteiger partial charge in [0, 0.05) is 13.1 Å². The molecule has 1 unspecified atom stereocenters. The highest BCUT2D eigenvalue weighted by atomic mass is 19.3. The Morgan fingerprint density at radius 1 is 1.35 bits per heavy atom. The lowest BCUT2D eigenvalue weighted by Crippen LogP contribution is -2.49. The van der Waals surface area contributed by atoms with E-state index >= 15 is 0 Å². The van der Waals surface area contributed by atoms with Gasteiger partial charge >= 0.3 is 12.6 Å². The molecule has 0 aliphatic carbocycles. The predicted octanol–water partition coefficient (Wildman–Crippen LogP) is 1.83. The van der Waals surface area contributed by atoms with Crippen molar-refractivity contribution in [2.45, 2.75) is 32.4 Å². The number of carbonyl (C=O) groups excluding carboxylic acids is 2. The number of benzene rings is 1. The van der Waals surface area contributed by atoms with Crippen LogP contribution < -0.4 is 4.74 Å². The van der Waals surface area contributed by atoms with Crippen molar-refractivity contribution in [1.29, 1.82) is 0 Å². The minimum absolute atomic E-state index is 0.0613. The van der Waals surface area contributed by atoms with E-state index in [0.717, 1.165) is 4.90 Å². The monoisotopic (exact) mass is 370 g/mol. The van der Waals surface area contributed by atoms with E-state index in [4.69, 9.17) is 5.11 Å². The quantitative estimate of drug-likeness (QED) is 0.791. The van der Waals surface area contributed by atoms with Crippen LogP contribution in [0.15, 0.2) is 24.3 Å². The second kappa shape index (κ2) is 8.59. The molecule has 1 aliphatic rings. The van der Waals surface area contributed by atoms with E-state index in [1.165, 1.54) is 29.2 Å². The minimum Gasteiger partial charge on any atom is -0.480 e. The van der Waals surface area contributed by atoms with Crippen molar-refractivity contribution in [2.24, 2.45) is 0 Å². The van der Waals surface area contributed by atoms with Gasteiger partial charge in [-0.1, -0.05) is 12.1 Å². The fraction of sp³-hybridized carbons (Fsp3) is 0.471. The van der Waals surface area contributed by atoms with Gasteiger partial charge in [-0.05, 0) is 31.9 Å². The van der Waals surface area contributed by atoms with Crippen LogP contribution in [0.4, 0.5) is 8.78 Å². The summed E-state index contributed by atoms with van der Waals surface area (Å²) in [5.41, 5.74) is -0.0613. The summed E-state index contributed by atoms with van der Waals surface area (Å²) in [6, 6.07) is 4.78. The van der Waals surface area contributed by atoms with Gasteiger partial charge in [0.1, 0.15) is 18.3 Å². The third-order valence-electron chi connectivity index (χ3n) is 4.15. The first-order chi connectivity index (χ1) is 12.3. The van der Waals surface area contributed by atoms with Crippen LogP contribution in [0.5, 0.6) is 5.75 Å². The maximum Gasteiger partial charge on any atom is 0.387 e. The van der Waals surface area contributed by atoms with Crippen LogP contribution in [0.1, 0.15) is 30.1 Å². The Labute approximate surface area is 149 Å². The Hall–Kier alpha value is -2.71. The standard InChI is InChI=1S/C17H20F2N2O5/c1-2-20(10-14(22)23)16(25)12-7-5-9-21(12)15(24)11-6-3-4-8-13(11)26-17(18)19/h3-4,6,8,12,17H,2,5,7,9-10H2,1H3,(H,22,23). The third-order valence-corrected chi connectivity index (χ3v) is 4.15. The molecule has 1 N–H and O–H groups in total. The summed E-state index contributed by atoms with van der Waals surface area (Å²) < 4.78 is 29.5. The molecule has 1 heterocycles. The summed E-state index contributed by atoms with van der Waals surface area (Å²) in [5.74, 6) is -2.47. The number of rotatable bonds is 7. The van der Waals surface area contributed by atoms with Crippen molar-refractivity contribution in [3.63, 3.8) is 0 Å². The molecule has 0 radical (unpaired) electrons. The molecule has 1 aromatic carbocycles. The zero-order valence-electron chi connectivity index (χ0n) is 14.2. The fourth-order valence-corrected chi connectivity index (χ4v) is 2.98. The third kappa shape index (κ3) is 4.47. The number of carboxylic acid groups (broad SMARTS) is 1. The van der Waals surface area contributed by atoms with Gasteiger partial charge in [-0.25, -0.2) is 0 Å². The number of likely N-dealkylation sites (tertiary alicyclic amines) is 1. The summed E-state index contributed by atoms with van der Waals surface area (Å²) in [6.45, 7) is -1.42. The minimum atomic E-state index is -3.08. The number of carbonyl (C=O) groups is 3. The highest BCUT2D eigenvalue weighted by molar-refractivity contribution is 6.00. The highest BCUT2D eigenvalue weighted by Gasteiger charge is 2.37. The van der Waals surface area contributed by atoms with Crippen molar-refractivity contribution in [3.8, 4) is 5.75 Å². The van der Waals surface area contributed by atoms with E-state index in [0.29, 0.717) is 12.8 Å². The largest absolute Gasteiger partial charge is 0.480 e. The molecule has 1 aromatic rings. The normalized spacial score (nSPS) is 16.6. The number of amides is 2.